The number of carbonyl (C=O) groups is 1. The second-order valence-electron chi connectivity index (χ2n) is 5.93. The minimum Gasteiger partial charge on any atom is -0.489 e. The number of hydrogen-bond donors (Lipinski definition) is 1. The van der Waals surface area contributed by atoms with Gasteiger partial charge in [-0.2, -0.15) is 0 Å². The standard InChI is InChI=1S/C20H19ClN2O3/c1-13-19(14(2)26-23-13)11-22-20(24)16-6-4-8-18(10-16)25-12-15-5-3-7-17(21)9-15/h3-10H,11-12H2,1-2H3,(H,22,24). The topological polar surface area (TPSA) is 64.4 Å². The van der Waals surface area contributed by atoms with Crippen molar-refractivity contribution in [2.45, 2.75) is 27.0 Å². The van der Waals surface area contributed by atoms with Gasteiger partial charge in [-0.05, 0) is 49.7 Å². The van der Waals surface area contributed by atoms with Crippen LogP contribution in [0.25, 0.3) is 0 Å². The second kappa shape index (κ2) is 8.06. The van der Waals surface area contributed by atoms with E-state index in [9.17, 15) is 4.79 Å². The summed E-state index contributed by atoms with van der Waals surface area (Å²) < 4.78 is 10.9. The number of aromatic nitrogens is 1. The molecule has 0 unspecified atom stereocenters. The maximum atomic E-state index is 12.4. The monoisotopic (exact) mass is 370 g/mol. The quantitative estimate of drug-likeness (QED) is 0.696. The lowest BCUT2D eigenvalue weighted by Crippen LogP contribution is -2.23. The molecule has 2 aromatic carbocycles. The zero-order chi connectivity index (χ0) is 18.5. The van der Waals surface area contributed by atoms with Crippen molar-refractivity contribution in [1.29, 1.82) is 0 Å². The zero-order valence-corrected chi connectivity index (χ0v) is 15.3. The minimum absolute atomic E-state index is 0.182. The molecule has 1 heterocycles. The first-order valence-corrected chi connectivity index (χ1v) is 8.58. The van der Waals surface area contributed by atoms with Crippen LogP contribution in [0.1, 0.15) is 32.9 Å². The fraction of sp³-hybridized carbons (Fsp3) is 0.200. The molecule has 3 rings (SSSR count). The first kappa shape index (κ1) is 18.0. The molecule has 5 nitrogen and oxygen atoms in total. The highest BCUT2D eigenvalue weighted by atomic mass is 35.5. The molecule has 6 heteroatoms. The predicted molar refractivity (Wildman–Crippen MR) is 99.4 cm³/mol. The Morgan fingerprint density at radius 1 is 1.19 bits per heavy atom. The van der Waals surface area contributed by atoms with E-state index in [2.05, 4.69) is 10.5 Å². The average Bonchev–Trinajstić information content (AvgIpc) is 2.96. The molecule has 134 valence electrons. The number of rotatable bonds is 6. The lowest BCUT2D eigenvalue weighted by atomic mass is 10.1. The summed E-state index contributed by atoms with van der Waals surface area (Å²) in [6.07, 6.45) is 0. The minimum atomic E-state index is -0.182. The van der Waals surface area contributed by atoms with Gasteiger partial charge in [-0.3, -0.25) is 4.79 Å². The van der Waals surface area contributed by atoms with Gasteiger partial charge in [-0.15, -0.1) is 0 Å². The van der Waals surface area contributed by atoms with Crippen LogP contribution >= 0.6 is 11.6 Å². The van der Waals surface area contributed by atoms with Crippen molar-refractivity contribution >= 4 is 17.5 Å². The highest BCUT2D eigenvalue weighted by molar-refractivity contribution is 6.30. The molecule has 1 aromatic heterocycles. The molecule has 0 saturated heterocycles. The molecule has 0 spiro atoms. The third-order valence-electron chi connectivity index (χ3n) is 4.00. The van der Waals surface area contributed by atoms with E-state index in [-0.39, 0.29) is 5.91 Å². The van der Waals surface area contributed by atoms with Gasteiger partial charge >= 0.3 is 0 Å². The highest BCUT2D eigenvalue weighted by Crippen LogP contribution is 2.17. The van der Waals surface area contributed by atoms with Crippen LogP contribution in [0.3, 0.4) is 0 Å². The van der Waals surface area contributed by atoms with Crippen molar-refractivity contribution in [2.24, 2.45) is 0 Å². The third-order valence-corrected chi connectivity index (χ3v) is 4.23. The Balaban J connectivity index is 1.62. The molecule has 0 aliphatic heterocycles. The zero-order valence-electron chi connectivity index (χ0n) is 14.6. The summed E-state index contributed by atoms with van der Waals surface area (Å²) in [5.74, 6) is 1.15. The van der Waals surface area contributed by atoms with Crippen LogP contribution in [-0.2, 0) is 13.2 Å². The largest absolute Gasteiger partial charge is 0.489 e. The number of amides is 1. The van der Waals surface area contributed by atoms with E-state index in [1.54, 1.807) is 18.2 Å². The highest BCUT2D eigenvalue weighted by Gasteiger charge is 2.12. The third kappa shape index (κ3) is 4.43. The SMILES string of the molecule is Cc1noc(C)c1CNC(=O)c1cccc(OCc2cccc(Cl)c2)c1. The number of benzene rings is 2. The van der Waals surface area contributed by atoms with Crippen LogP contribution in [0.5, 0.6) is 5.75 Å². The van der Waals surface area contributed by atoms with Crippen LogP contribution in [0.15, 0.2) is 53.1 Å². The lowest BCUT2D eigenvalue weighted by molar-refractivity contribution is 0.0950. The van der Waals surface area contributed by atoms with Crippen molar-refractivity contribution < 1.29 is 14.1 Å². The Labute approximate surface area is 156 Å². The molecular weight excluding hydrogens is 352 g/mol. The summed E-state index contributed by atoms with van der Waals surface area (Å²) >= 11 is 5.97. The van der Waals surface area contributed by atoms with Gasteiger partial charge in [0.25, 0.3) is 5.91 Å². The number of halogens is 1. The van der Waals surface area contributed by atoms with Crippen LogP contribution in [-0.4, -0.2) is 11.1 Å². The van der Waals surface area contributed by atoms with Crippen LogP contribution in [0.4, 0.5) is 0 Å². The van der Waals surface area contributed by atoms with E-state index >= 15 is 0 Å². The van der Waals surface area contributed by atoms with Crippen molar-refractivity contribution in [3.05, 3.63) is 81.7 Å². The Bertz CT molecular complexity index is 901. The summed E-state index contributed by atoms with van der Waals surface area (Å²) in [7, 11) is 0. The van der Waals surface area contributed by atoms with E-state index in [0.717, 1.165) is 16.8 Å². The first-order valence-electron chi connectivity index (χ1n) is 8.20. The summed E-state index contributed by atoms with van der Waals surface area (Å²) in [6.45, 7) is 4.42. The maximum Gasteiger partial charge on any atom is 0.251 e. The Morgan fingerprint density at radius 2 is 2.00 bits per heavy atom. The van der Waals surface area contributed by atoms with E-state index in [1.165, 1.54) is 0 Å². The molecule has 0 aliphatic carbocycles. The predicted octanol–water partition coefficient (Wildman–Crippen LogP) is 4.45. The molecule has 0 atom stereocenters. The first-order chi connectivity index (χ1) is 12.5. The van der Waals surface area contributed by atoms with Crippen molar-refractivity contribution in [3.63, 3.8) is 0 Å². The van der Waals surface area contributed by atoms with Crippen LogP contribution in [0, 0.1) is 13.8 Å². The normalized spacial score (nSPS) is 10.6. The van der Waals surface area contributed by atoms with Gasteiger partial charge in [0.05, 0.1) is 5.69 Å². The summed E-state index contributed by atoms with van der Waals surface area (Å²) in [4.78, 5) is 12.4. The van der Waals surface area contributed by atoms with Crippen molar-refractivity contribution in [1.82, 2.24) is 10.5 Å². The Hall–Kier alpha value is -2.79. The molecular formula is C20H19ClN2O3. The summed E-state index contributed by atoms with van der Waals surface area (Å²) in [5.41, 5.74) is 3.17. The van der Waals surface area contributed by atoms with Crippen LogP contribution in [0.2, 0.25) is 5.02 Å². The average molecular weight is 371 g/mol. The van der Waals surface area contributed by atoms with Gasteiger partial charge < -0.3 is 14.6 Å². The van der Waals surface area contributed by atoms with Crippen molar-refractivity contribution in [3.8, 4) is 5.75 Å². The number of nitrogens with one attached hydrogen (secondary N) is 1. The Kier molecular flexibility index (Phi) is 5.58. The van der Waals surface area contributed by atoms with E-state index in [0.29, 0.717) is 35.2 Å². The number of carbonyl (C=O) groups excluding carboxylic acids is 1. The van der Waals surface area contributed by atoms with Gasteiger partial charge in [0.2, 0.25) is 0 Å². The molecule has 3 aromatic rings. The summed E-state index contributed by atoms with van der Waals surface area (Å²) in [5, 5.41) is 7.43. The fourth-order valence-electron chi connectivity index (χ4n) is 2.55. The summed E-state index contributed by atoms with van der Waals surface area (Å²) in [6, 6.07) is 14.5. The number of ether oxygens (including phenoxy) is 1. The Morgan fingerprint density at radius 3 is 2.73 bits per heavy atom. The maximum absolute atomic E-state index is 12.4. The molecule has 0 aliphatic rings. The molecule has 0 fully saturated rings. The number of hydrogen-bond acceptors (Lipinski definition) is 4. The van der Waals surface area contributed by atoms with Gasteiger partial charge in [0.15, 0.2) is 0 Å². The number of aryl methyl sites for hydroxylation is 2. The van der Waals surface area contributed by atoms with E-state index in [4.69, 9.17) is 20.9 Å². The second-order valence-corrected chi connectivity index (χ2v) is 6.37. The van der Waals surface area contributed by atoms with Gasteiger partial charge in [-0.1, -0.05) is 35.0 Å². The van der Waals surface area contributed by atoms with Gasteiger partial charge in [-0.25, -0.2) is 0 Å². The molecule has 26 heavy (non-hydrogen) atoms. The van der Waals surface area contributed by atoms with E-state index in [1.807, 2.05) is 44.2 Å². The lowest BCUT2D eigenvalue weighted by Gasteiger charge is -2.09. The van der Waals surface area contributed by atoms with E-state index < -0.39 is 0 Å². The molecule has 1 amide bonds. The molecule has 0 radical (unpaired) electrons. The molecule has 0 bridgehead atoms. The van der Waals surface area contributed by atoms with Gasteiger partial charge in [0.1, 0.15) is 18.1 Å². The van der Waals surface area contributed by atoms with Crippen LogP contribution < -0.4 is 10.1 Å². The van der Waals surface area contributed by atoms with Crippen molar-refractivity contribution in [2.75, 3.05) is 0 Å². The number of nitrogens with zero attached hydrogens (tertiary/aromatic N) is 1. The smallest absolute Gasteiger partial charge is 0.251 e. The molecule has 0 saturated carbocycles. The molecule has 1 N–H and O–H groups in total. The fourth-order valence-corrected chi connectivity index (χ4v) is 2.76. The van der Waals surface area contributed by atoms with Gasteiger partial charge in [0, 0.05) is 22.7 Å².